The van der Waals surface area contributed by atoms with Crippen LogP contribution in [0, 0.1) is 11.7 Å². The van der Waals surface area contributed by atoms with Gasteiger partial charge in [0.15, 0.2) is 0 Å². The van der Waals surface area contributed by atoms with Gasteiger partial charge in [0.05, 0.1) is 0 Å². The Morgan fingerprint density at radius 3 is 2.39 bits per heavy atom. The average Bonchev–Trinajstić information content (AvgIpc) is 3.05. The summed E-state index contributed by atoms with van der Waals surface area (Å²) < 4.78 is 12.9. The van der Waals surface area contributed by atoms with Gasteiger partial charge < -0.3 is 10.6 Å². The van der Waals surface area contributed by atoms with Gasteiger partial charge >= 0.3 is 0 Å². The Bertz CT molecular complexity index is 667. The summed E-state index contributed by atoms with van der Waals surface area (Å²) in [6, 6.07) is 14.1. The van der Waals surface area contributed by atoms with E-state index in [0.717, 1.165) is 37.1 Å². The number of nitrogens with zero attached hydrogens (tertiary/aromatic N) is 1. The molecular weight excluding hydrogens is 291 g/mol. The molecule has 0 aliphatic carbocycles. The van der Waals surface area contributed by atoms with Crippen LogP contribution in [0.5, 0.6) is 0 Å². The van der Waals surface area contributed by atoms with E-state index in [9.17, 15) is 9.18 Å². The number of benzene rings is 2. The van der Waals surface area contributed by atoms with E-state index < -0.39 is 0 Å². The molecule has 0 radical (unpaired) electrons. The molecule has 1 atom stereocenters. The Hall–Kier alpha value is -2.20. The number of halogens is 1. The minimum atomic E-state index is -0.210. The van der Waals surface area contributed by atoms with Gasteiger partial charge in [-0.1, -0.05) is 24.3 Å². The second-order valence-corrected chi connectivity index (χ2v) is 6.14. The molecule has 0 bridgehead atoms. The quantitative estimate of drug-likeness (QED) is 0.943. The lowest BCUT2D eigenvalue weighted by Crippen LogP contribution is -2.28. The van der Waals surface area contributed by atoms with Gasteiger partial charge in [-0.05, 0) is 54.2 Å². The van der Waals surface area contributed by atoms with Crippen molar-refractivity contribution < 1.29 is 9.18 Å². The molecule has 3 nitrogen and oxygen atoms in total. The fourth-order valence-corrected chi connectivity index (χ4v) is 3.10. The first kappa shape index (κ1) is 15.7. The normalized spacial score (nSPS) is 17.5. The highest BCUT2D eigenvalue weighted by Gasteiger charge is 2.26. The standard InChI is InChI=1S/C19H21FN2O/c20-18-7-3-14(4-8-18)11-16-9-10-22(13-16)19(23)17-5-1-15(12-21)2-6-17/h1-8,16H,9-13,21H2/t16-/m0/s1. The first-order valence-electron chi connectivity index (χ1n) is 7.98. The van der Waals surface area contributed by atoms with Crippen molar-refractivity contribution in [1.29, 1.82) is 0 Å². The summed E-state index contributed by atoms with van der Waals surface area (Å²) in [5, 5.41) is 0. The van der Waals surface area contributed by atoms with E-state index >= 15 is 0 Å². The van der Waals surface area contributed by atoms with Crippen molar-refractivity contribution in [2.24, 2.45) is 11.7 Å². The van der Waals surface area contributed by atoms with E-state index in [-0.39, 0.29) is 11.7 Å². The maximum absolute atomic E-state index is 12.9. The molecule has 0 unspecified atom stereocenters. The van der Waals surface area contributed by atoms with E-state index in [1.54, 1.807) is 0 Å². The highest BCUT2D eigenvalue weighted by Crippen LogP contribution is 2.22. The molecule has 1 aliphatic rings. The summed E-state index contributed by atoms with van der Waals surface area (Å²) in [6.45, 7) is 2.02. The zero-order valence-corrected chi connectivity index (χ0v) is 13.0. The van der Waals surface area contributed by atoms with Gasteiger partial charge in [0.2, 0.25) is 0 Å². The van der Waals surface area contributed by atoms with Gasteiger partial charge in [0, 0.05) is 25.2 Å². The van der Waals surface area contributed by atoms with Crippen LogP contribution in [0.15, 0.2) is 48.5 Å². The topological polar surface area (TPSA) is 46.3 Å². The largest absolute Gasteiger partial charge is 0.338 e. The summed E-state index contributed by atoms with van der Waals surface area (Å²) in [4.78, 5) is 14.4. The summed E-state index contributed by atoms with van der Waals surface area (Å²) in [5.41, 5.74) is 8.44. The zero-order valence-electron chi connectivity index (χ0n) is 13.0. The van der Waals surface area contributed by atoms with Crippen LogP contribution in [-0.2, 0) is 13.0 Å². The molecule has 0 spiro atoms. The van der Waals surface area contributed by atoms with Gasteiger partial charge in [0.1, 0.15) is 5.82 Å². The Balaban J connectivity index is 1.60. The molecular formula is C19H21FN2O. The number of likely N-dealkylation sites (tertiary alicyclic amines) is 1. The third kappa shape index (κ3) is 3.77. The third-order valence-corrected chi connectivity index (χ3v) is 4.45. The molecule has 1 saturated heterocycles. The van der Waals surface area contributed by atoms with Gasteiger partial charge in [-0.3, -0.25) is 4.79 Å². The molecule has 3 rings (SSSR count). The smallest absolute Gasteiger partial charge is 0.253 e. The van der Waals surface area contributed by atoms with Gasteiger partial charge in [-0.2, -0.15) is 0 Å². The van der Waals surface area contributed by atoms with Crippen LogP contribution in [-0.4, -0.2) is 23.9 Å². The summed E-state index contributed by atoms with van der Waals surface area (Å²) in [7, 11) is 0. The van der Waals surface area contributed by atoms with E-state index in [1.165, 1.54) is 12.1 Å². The fourth-order valence-electron chi connectivity index (χ4n) is 3.10. The maximum atomic E-state index is 12.9. The lowest BCUT2D eigenvalue weighted by atomic mass is 9.99. The Kier molecular flexibility index (Phi) is 4.72. The predicted octanol–water partition coefficient (Wildman–Crippen LogP) is 2.99. The second kappa shape index (κ2) is 6.92. The fraction of sp³-hybridized carbons (Fsp3) is 0.316. The number of carbonyl (C=O) groups is 1. The van der Waals surface area contributed by atoms with E-state index in [2.05, 4.69) is 0 Å². The van der Waals surface area contributed by atoms with Crippen molar-refractivity contribution in [1.82, 2.24) is 4.90 Å². The maximum Gasteiger partial charge on any atom is 0.253 e. The molecule has 1 heterocycles. The van der Waals surface area contributed by atoms with Crippen molar-refractivity contribution in [2.75, 3.05) is 13.1 Å². The number of nitrogens with two attached hydrogens (primary N) is 1. The Morgan fingerprint density at radius 1 is 1.09 bits per heavy atom. The number of hydrogen-bond acceptors (Lipinski definition) is 2. The van der Waals surface area contributed by atoms with Crippen molar-refractivity contribution in [3.8, 4) is 0 Å². The molecule has 0 saturated carbocycles. The molecule has 23 heavy (non-hydrogen) atoms. The molecule has 1 aliphatic heterocycles. The SMILES string of the molecule is NCc1ccc(C(=O)N2CC[C@@H](Cc3ccc(F)cc3)C2)cc1. The Labute approximate surface area is 135 Å². The van der Waals surface area contributed by atoms with E-state index in [0.29, 0.717) is 18.0 Å². The van der Waals surface area contributed by atoms with Crippen LogP contribution < -0.4 is 5.73 Å². The number of amides is 1. The zero-order chi connectivity index (χ0) is 16.2. The van der Waals surface area contributed by atoms with Crippen LogP contribution in [0.25, 0.3) is 0 Å². The van der Waals surface area contributed by atoms with Crippen LogP contribution in [0.3, 0.4) is 0 Å². The highest BCUT2D eigenvalue weighted by atomic mass is 19.1. The molecule has 0 aromatic heterocycles. The monoisotopic (exact) mass is 312 g/mol. The van der Waals surface area contributed by atoms with Gasteiger partial charge in [-0.15, -0.1) is 0 Å². The number of rotatable bonds is 4. The highest BCUT2D eigenvalue weighted by molar-refractivity contribution is 5.94. The lowest BCUT2D eigenvalue weighted by Gasteiger charge is -2.17. The minimum absolute atomic E-state index is 0.0789. The lowest BCUT2D eigenvalue weighted by molar-refractivity contribution is 0.0787. The van der Waals surface area contributed by atoms with Crippen molar-refractivity contribution >= 4 is 5.91 Å². The third-order valence-electron chi connectivity index (χ3n) is 4.45. The molecule has 2 aromatic rings. The number of carbonyl (C=O) groups excluding carboxylic acids is 1. The first-order chi connectivity index (χ1) is 11.2. The van der Waals surface area contributed by atoms with Crippen LogP contribution in [0.1, 0.15) is 27.9 Å². The first-order valence-corrected chi connectivity index (χ1v) is 7.98. The molecule has 120 valence electrons. The van der Waals surface area contributed by atoms with Crippen LogP contribution >= 0.6 is 0 Å². The molecule has 1 amide bonds. The van der Waals surface area contributed by atoms with Crippen molar-refractivity contribution in [3.63, 3.8) is 0 Å². The second-order valence-electron chi connectivity index (χ2n) is 6.14. The van der Waals surface area contributed by atoms with Gasteiger partial charge in [0.25, 0.3) is 5.91 Å². The average molecular weight is 312 g/mol. The predicted molar refractivity (Wildman–Crippen MR) is 88.4 cm³/mol. The minimum Gasteiger partial charge on any atom is -0.338 e. The van der Waals surface area contributed by atoms with Crippen molar-refractivity contribution in [3.05, 3.63) is 71.0 Å². The van der Waals surface area contributed by atoms with E-state index in [4.69, 9.17) is 5.73 Å². The molecule has 1 fully saturated rings. The summed E-state index contributed by atoms with van der Waals surface area (Å²) in [5.74, 6) is 0.306. The van der Waals surface area contributed by atoms with Crippen molar-refractivity contribution in [2.45, 2.75) is 19.4 Å². The van der Waals surface area contributed by atoms with Crippen LogP contribution in [0.2, 0.25) is 0 Å². The van der Waals surface area contributed by atoms with Gasteiger partial charge in [-0.25, -0.2) is 4.39 Å². The Morgan fingerprint density at radius 2 is 1.74 bits per heavy atom. The summed E-state index contributed by atoms with van der Waals surface area (Å²) >= 11 is 0. The van der Waals surface area contributed by atoms with Crippen LogP contribution in [0.4, 0.5) is 4.39 Å². The molecule has 2 aromatic carbocycles. The molecule has 4 heteroatoms. The molecule has 2 N–H and O–H groups in total. The number of hydrogen-bond donors (Lipinski definition) is 1. The summed E-state index contributed by atoms with van der Waals surface area (Å²) in [6.07, 6.45) is 1.88. The van der Waals surface area contributed by atoms with E-state index in [1.807, 2.05) is 41.3 Å².